The molecule has 1 aromatic carbocycles. The average Bonchev–Trinajstić information content (AvgIpc) is 2.29. The summed E-state index contributed by atoms with van der Waals surface area (Å²) >= 11 is 0. The maximum absolute atomic E-state index is 12.1. The van der Waals surface area contributed by atoms with E-state index in [1.165, 1.54) is 6.07 Å². The molecule has 1 atom stereocenters. The summed E-state index contributed by atoms with van der Waals surface area (Å²) < 4.78 is 28.6. The number of hydrogen-bond acceptors (Lipinski definition) is 3. The molecule has 0 aliphatic carbocycles. The van der Waals surface area contributed by atoms with Gasteiger partial charge in [-0.15, -0.1) is 0 Å². The summed E-state index contributed by atoms with van der Waals surface area (Å²) in [4.78, 5) is 0. The van der Waals surface area contributed by atoms with E-state index in [1.807, 2.05) is 6.07 Å². The van der Waals surface area contributed by atoms with E-state index in [0.717, 1.165) is 18.4 Å². The first-order valence-electron chi connectivity index (χ1n) is 6.03. The number of nitrogens with two attached hydrogens (primary N) is 1. The molecule has 0 saturated carbocycles. The molecule has 0 bridgehead atoms. The summed E-state index contributed by atoms with van der Waals surface area (Å²) in [5, 5.41) is 0. The molecule has 3 N–H and O–H groups in total. The molecule has 0 saturated heterocycles. The van der Waals surface area contributed by atoms with Crippen LogP contribution in [0.2, 0.25) is 0 Å². The Labute approximate surface area is 106 Å². The zero-order chi connectivity index (χ0) is 13.5. The number of hydrogen-bond donors (Lipinski definition) is 2. The Morgan fingerprint density at radius 1 is 1.28 bits per heavy atom. The number of halogens is 2. The SMILES string of the molecule is CC(C)CCC(NN)c1cccc(OC(F)F)c1. The topological polar surface area (TPSA) is 47.3 Å². The predicted molar refractivity (Wildman–Crippen MR) is 67.2 cm³/mol. The van der Waals surface area contributed by atoms with Crippen LogP contribution in [0.3, 0.4) is 0 Å². The smallest absolute Gasteiger partial charge is 0.387 e. The standard InChI is InChI=1S/C13H20F2N2O/c1-9(2)6-7-12(17-16)10-4-3-5-11(8-10)18-13(14)15/h3-5,8-9,12-13,17H,6-7,16H2,1-2H3. The minimum absolute atomic E-state index is 0.0476. The summed E-state index contributed by atoms with van der Waals surface area (Å²) in [7, 11) is 0. The van der Waals surface area contributed by atoms with Crippen LogP contribution in [0.5, 0.6) is 5.75 Å². The van der Waals surface area contributed by atoms with Gasteiger partial charge >= 0.3 is 6.61 Å². The van der Waals surface area contributed by atoms with Crippen molar-refractivity contribution in [2.75, 3.05) is 0 Å². The van der Waals surface area contributed by atoms with Gasteiger partial charge in [0.1, 0.15) is 5.75 Å². The fourth-order valence-corrected chi connectivity index (χ4v) is 1.75. The first kappa shape index (κ1) is 14.9. The van der Waals surface area contributed by atoms with Crippen LogP contribution in [0.25, 0.3) is 0 Å². The zero-order valence-electron chi connectivity index (χ0n) is 10.7. The van der Waals surface area contributed by atoms with Crippen LogP contribution < -0.4 is 16.0 Å². The highest BCUT2D eigenvalue weighted by molar-refractivity contribution is 5.30. The van der Waals surface area contributed by atoms with Gasteiger partial charge in [-0.05, 0) is 36.5 Å². The van der Waals surface area contributed by atoms with Gasteiger partial charge in [0.05, 0.1) is 0 Å². The van der Waals surface area contributed by atoms with Gasteiger partial charge in [-0.2, -0.15) is 8.78 Å². The second-order valence-corrected chi connectivity index (χ2v) is 4.64. The molecule has 18 heavy (non-hydrogen) atoms. The molecule has 0 aromatic heterocycles. The summed E-state index contributed by atoms with van der Waals surface area (Å²) in [6.07, 6.45) is 1.86. The number of ether oxygens (including phenoxy) is 1. The fourth-order valence-electron chi connectivity index (χ4n) is 1.75. The molecule has 0 fully saturated rings. The monoisotopic (exact) mass is 258 g/mol. The van der Waals surface area contributed by atoms with Crippen LogP contribution >= 0.6 is 0 Å². The second kappa shape index (κ2) is 7.28. The van der Waals surface area contributed by atoms with Crippen LogP contribution in [0.1, 0.15) is 38.3 Å². The highest BCUT2D eigenvalue weighted by Gasteiger charge is 2.12. The predicted octanol–water partition coefficient (Wildman–Crippen LogP) is 3.23. The third-order valence-corrected chi connectivity index (χ3v) is 2.72. The van der Waals surface area contributed by atoms with Gasteiger partial charge < -0.3 is 4.74 Å². The highest BCUT2D eigenvalue weighted by Crippen LogP contribution is 2.24. The lowest BCUT2D eigenvalue weighted by Crippen LogP contribution is -2.28. The van der Waals surface area contributed by atoms with Crippen molar-refractivity contribution in [2.45, 2.75) is 39.3 Å². The Morgan fingerprint density at radius 2 is 2.00 bits per heavy atom. The molecule has 0 spiro atoms. The van der Waals surface area contributed by atoms with E-state index in [2.05, 4.69) is 24.0 Å². The first-order chi connectivity index (χ1) is 8.52. The Hall–Kier alpha value is -1.20. The molecule has 102 valence electrons. The minimum Gasteiger partial charge on any atom is -0.435 e. The van der Waals surface area contributed by atoms with Crippen LogP contribution in [0, 0.1) is 5.92 Å². The van der Waals surface area contributed by atoms with E-state index in [4.69, 9.17) is 5.84 Å². The fraction of sp³-hybridized carbons (Fsp3) is 0.538. The lowest BCUT2D eigenvalue weighted by Gasteiger charge is -2.18. The number of alkyl halides is 2. The van der Waals surface area contributed by atoms with Gasteiger partial charge in [-0.3, -0.25) is 11.3 Å². The van der Waals surface area contributed by atoms with Crippen molar-refractivity contribution in [3.05, 3.63) is 29.8 Å². The van der Waals surface area contributed by atoms with Gasteiger partial charge in [0.2, 0.25) is 0 Å². The molecule has 3 nitrogen and oxygen atoms in total. The largest absolute Gasteiger partial charge is 0.435 e. The molecule has 0 amide bonds. The summed E-state index contributed by atoms with van der Waals surface area (Å²) in [6, 6.07) is 6.59. The van der Waals surface area contributed by atoms with Gasteiger partial charge in [0, 0.05) is 6.04 Å². The van der Waals surface area contributed by atoms with Gasteiger partial charge in [0.25, 0.3) is 0 Å². The molecule has 0 aliphatic heterocycles. The molecule has 0 radical (unpaired) electrons. The van der Waals surface area contributed by atoms with Gasteiger partial charge in [-0.25, -0.2) is 0 Å². The Morgan fingerprint density at radius 3 is 2.56 bits per heavy atom. The van der Waals surface area contributed by atoms with Crippen molar-refractivity contribution >= 4 is 0 Å². The molecular weight excluding hydrogens is 238 g/mol. The molecule has 1 unspecified atom stereocenters. The second-order valence-electron chi connectivity index (χ2n) is 4.64. The van der Waals surface area contributed by atoms with Crippen molar-refractivity contribution in [1.82, 2.24) is 5.43 Å². The Bertz CT molecular complexity index is 359. The van der Waals surface area contributed by atoms with Crippen molar-refractivity contribution in [3.8, 4) is 5.75 Å². The maximum atomic E-state index is 12.1. The third-order valence-electron chi connectivity index (χ3n) is 2.72. The molecule has 5 heteroatoms. The van der Waals surface area contributed by atoms with E-state index in [9.17, 15) is 8.78 Å². The lowest BCUT2D eigenvalue weighted by atomic mass is 9.98. The summed E-state index contributed by atoms with van der Waals surface area (Å²) in [6.45, 7) is 1.45. The van der Waals surface area contributed by atoms with Gasteiger partial charge in [-0.1, -0.05) is 26.0 Å². The first-order valence-corrected chi connectivity index (χ1v) is 6.03. The van der Waals surface area contributed by atoms with Gasteiger partial charge in [0.15, 0.2) is 0 Å². The van der Waals surface area contributed by atoms with Crippen molar-refractivity contribution < 1.29 is 13.5 Å². The minimum atomic E-state index is -2.81. The zero-order valence-corrected chi connectivity index (χ0v) is 10.7. The molecular formula is C13H20F2N2O. The molecule has 0 heterocycles. The van der Waals surface area contributed by atoms with Crippen molar-refractivity contribution in [3.63, 3.8) is 0 Å². The summed E-state index contributed by atoms with van der Waals surface area (Å²) in [5.74, 6) is 6.23. The highest BCUT2D eigenvalue weighted by atomic mass is 19.3. The van der Waals surface area contributed by atoms with E-state index < -0.39 is 6.61 Å². The van der Waals surface area contributed by atoms with E-state index in [-0.39, 0.29) is 11.8 Å². The van der Waals surface area contributed by atoms with Crippen LogP contribution in [0.15, 0.2) is 24.3 Å². The number of rotatable bonds is 7. The third kappa shape index (κ3) is 4.98. The van der Waals surface area contributed by atoms with Crippen molar-refractivity contribution in [1.29, 1.82) is 0 Å². The normalized spacial score (nSPS) is 13.1. The van der Waals surface area contributed by atoms with E-state index >= 15 is 0 Å². The molecule has 1 rings (SSSR count). The van der Waals surface area contributed by atoms with Crippen LogP contribution in [0.4, 0.5) is 8.78 Å². The number of benzene rings is 1. The number of hydrazine groups is 1. The lowest BCUT2D eigenvalue weighted by molar-refractivity contribution is -0.0499. The van der Waals surface area contributed by atoms with Crippen molar-refractivity contribution in [2.24, 2.45) is 11.8 Å². The Balaban J connectivity index is 2.72. The number of nitrogens with one attached hydrogen (secondary N) is 1. The van der Waals surface area contributed by atoms with Crippen LogP contribution in [-0.2, 0) is 0 Å². The van der Waals surface area contributed by atoms with E-state index in [0.29, 0.717) is 5.92 Å². The maximum Gasteiger partial charge on any atom is 0.387 e. The molecule has 1 aromatic rings. The molecule has 0 aliphatic rings. The average molecular weight is 258 g/mol. The van der Waals surface area contributed by atoms with E-state index in [1.54, 1.807) is 12.1 Å². The quantitative estimate of drug-likeness (QED) is 0.583. The Kier molecular flexibility index (Phi) is 6.01. The summed E-state index contributed by atoms with van der Waals surface area (Å²) in [5.41, 5.74) is 3.57. The van der Waals surface area contributed by atoms with Crippen LogP contribution in [-0.4, -0.2) is 6.61 Å².